The minimum Gasteiger partial charge on any atom is -0.497 e. The van der Waals surface area contributed by atoms with Gasteiger partial charge in [0.05, 0.1) is 13.7 Å². The first-order valence-electron chi connectivity index (χ1n) is 8.87. The molecule has 1 saturated heterocycles. The van der Waals surface area contributed by atoms with Gasteiger partial charge in [-0.15, -0.1) is 0 Å². The first kappa shape index (κ1) is 17.3. The molecular formula is C21H25NO3. The molecule has 0 amide bonds. The highest BCUT2D eigenvalue weighted by Crippen LogP contribution is 2.21. The van der Waals surface area contributed by atoms with E-state index in [0.717, 1.165) is 37.2 Å². The van der Waals surface area contributed by atoms with Gasteiger partial charge in [-0.05, 0) is 49.1 Å². The van der Waals surface area contributed by atoms with E-state index in [2.05, 4.69) is 17.0 Å². The van der Waals surface area contributed by atoms with Crippen LogP contribution in [0, 0.1) is 0 Å². The Labute approximate surface area is 149 Å². The minimum atomic E-state index is -0.115. The van der Waals surface area contributed by atoms with Gasteiger partial charge in [0.25, 0.3) is 0 Å². The number of ether oxygens (including phenoxy) is 2. The Kier molecular flexibility index (Phi) is 5.94. The average molecular weight is 339 g/mol. The van der Waals surface area contributed by atoms with Crippen LogP contribution in [0.1, 0.15) is 24.8 Å². The van der Waals surface area contributed by atoms with Crippen molar-refractivity contribution < 1.29 is 14.3 Å². The summed E-state index contributed by atoms with van der Waals surface area (Å²) < 4.78 is 10.8. The van der Waals surface area contributed by atoms with Crippen LogP contribution < -0.4 is 9.64 Å². The molecule has 0 bridgehead atoms. The molecule has 0 saturated carbocycles. The molecule has 1 heterocycles. The molecule has 1 atom stereocenters. The zero-order valence-electron chi connectivity index (χ0n) is 14.7. The van der Waals surface area contributed by atoms with Crippen LogP contribution in [0.5, 0.6) is 5.75 Å². The molecule has 0 N–H and O–H groups in total. The molecule has 1 aliphatic heterocycles. The van der Waals surface area contributed by atoms with Gasteiger partial charge >= 0.3 is 5.97 Å². The van der Waals surface area contributed by atoms with Gasteiger partial charge in [-0.2, -0.15) is 0 Å². The third-order valence-corrected chi connectivity index (χ3v) is 4.57. The van der Waals surface area contributed by atoms with Gasteiger partial charge in [-0.3, -0.25) is 4.79 Å². The Balaban J connectivity index is 1.47. The molecule has 1 aliphatic rings. The first-order valence-corrected chi connectivity index (χ1v) is 8.87. The number of hydrogen-bond donors (Lipinski definition) is 0. The summed E-state index contributed by atoms with van der Waals surface area (Å²) in [6.45, 7) is 1.79. The SMILES string of the molecule is COc1ccc(CCC(=O)OC2CCCN(c3ccccc3)C2)cc1. The van der Waals surface area contributed by atoms with Crippen molar-refractivity contribution in [3.63, 3.8) is 0 Å². The molecule has 1 unspecified atom stereocenters. The monoisotopic (exact) mass is 339 g/mol. The fourth-order valence-electron chi connectivity index (χ4n) is 3.19. The number of carbonyl (C=O) groups excluding carboxylic acids is 1. The summed E-state index contributed by atoms with van der Waals surface area (Å²) in [6, 6.07) is 18.1. The van der Waals surface area contributed by atoms with Gasteiger partial charge in [-0.1, -0.05) is 30.3 Å². The summed E-state index contributed by atoms with van der Waals surface area (Å²) >= 11 is 0. The fourth-order valence-corrected chi connectivity index (χ4v) is 3.19. The number of aryl methyl sites for hydroxylation is 1. The Bertz CT molecular complexity index is 669. The predicted octanol–water partition coefficient (Wildman–Crippen LogP) is 3.84. The highest BCUT2D eigenvalue weighted by Gasteiger charge is 2.23. The second kappa shape index (κ2) is 8.56. The summed E-state index contributed by atoms with van der Waals surface area (Å²) in [7, 11) is 1.65. The van der Waals surface area contributed by atoms with Crippen molar-refractivity contribution in [1.82, 2.24) is 0 Å². The number of anilines is 1. The highest BCUT2D eigenvalue weighted by molar-refractivity contribution is 5.70. The lowest BCUT2D eigenvalue weighted by Gasteiger charge is -2.34. The fraction of sp³-hybridized carbons (Fsp3) is 0.381. The summed E-state index contributed by atoms with van der Waals surface area (Å²) in [5, 5.41) is 0. The smallest absolute Gasteiger partial charge is 0.306 e. The molecule has 4 nitrogen and oxygen atoms in total. The molecule has 0 spiro atoms. The van der Waals surface area contributed by atoms with Crippen molar-refractivity contribution >= 4 is 11.7 Å². The van der Waals surface area contributed by atoms with Crippen LogP contribution in [0.15, 0.2) is 54.6 Å². The Morgan fingerprint density at radius 1 is 1.12 bits per heavy atom. The number of piperidine rings is 1. The van der Waals surface area contributed by atoms with Crippen molar-refractivity contribution in [2.24, 2.45) is 0 Å². The maximum Gasteiger partial charge on any atom is 0.306 e. The third kappa shape index (κ3) is 4.99. The molecule has 2 aromatic rings. The number of para-hydroxylation sites is 1. The maximum atomic E-state index is 12.2. The van der Waals surface area contributed by atoms with Gasteiger partial charge in [0, 0.05) is 18.7 Å². The number of rotatable bonds is 6. The van der Waals surface area contributed by atoms with E-state index in [1.807, 2.05) is 42.5 Å². The van der Waals surface area contributed by atoms with E-state index >= 15 is 0 Å². The van der Waals surface area contributed by atoms with E-state index in [9.17, 15) is 4.79 Å². The number of carbonyl (C=O) groups is 1. The largest absolute Gasteiger partial charge is 0.497 e. The van der Waals surface area contributed by atoms with E-state index in [1.165, 1.54) is 5.69 Å². The van der Waals surface area contributed by atoms with Gasteiger partial charge in [-0.25, -0.2) is 0 Å². The van der Waals surface area contributed by atoms with Gasteiger partial charge in [0.15, 0.2) is 0 Å². The first-order chi connectivity index (χ1) is 12.2. The molecule has 2 aromatic carbocycles. The van der Waals surface area contributed by atoms with E-state index in [0.29, 0.717) is 12.8 Å². The number of esters is 1. The van der Waals surface area contributed by atoms with Crippen LogP contribution in [-0.4, -0.2) is 32.3 Å². The average Bonchev–Trinajstić information content (AvgIpc) is 2.68. The molecule has 0 aliphatic carbocycles. The van der Waals surface area contributed by atoms with Crippen molar-refractivity contribution in [2.45, 2.75) is 31.8 Å². The second-order valence-electron chi connectivity index (χ2n) is 6.38. The Morgan fingerprint density at radius 2 is 1.88 bits per heavy atom. The lowest BCUT2D eigenvalue weighted by Crippen LogP contribution is -2.40. The van der Waals surface area contributed by atoms with Crippen molar-refractivity contribution in [3.05, 3.63) is 60.2 Å². The molecule has 25 heavy (non-hydrogen) atoms. The van der Waals surface area contributed by atoms with E-state index in [-0.39, 0.29) is 12.1 Å². The normalized spacial score (nSPS) is 17.2. The zero-order valence-corrected chi connectivity index (χ0v) is 14.7. The maximum absolute atomic E-state index is 12.2. The lowest BCUT2D eigenvalue weighted by molar-refractivity contribution is -0.149. The van der Waals surface area contributed by atoms with Crippen molar-refractivity contribution in [3.8, 4) is 5.75 Å². The minimum absolute atomic E-state index is 0.0164. The van der Waals surface area contributed by atoms with Crippen LogP contribution in [0.2, 0.25) is 0 Å². The Hall–Kier alpha value is -2.49. The van der Waals surface area contributed by atoms with E-state index in [1.54, 1.807) is 7.11 Å². The van der Waals surface area contributed by atoms with Crippen LogP contribution in [0.25, 0.3) is 0 Å². The van der Waals surface area contributed by atoms with Crippen molar-refractivity contribution in [1.29, 1.82) is 0 Å². The zero-order chi connectivity index (χ0) is 17.5. The van der Waals surface area contributed by atoms with Crippen LogP contribution in [0.4, 0.5) is 5.69 Å². The van der Waals surface area contributed by atoms with Crippen LogP contribution in [0.3, 0.4) is 0 Å². The van der Waals surface area contributed by atoms with Crippen molar-refractivity contribution in [2.75, 3.05) is 25.1 Å². The molecule has 1 fully saturated rings. The molecular weight excluding hydrogens is 314 g/mol. The van der Waals surface area contributed by atoms with Crippen LogP contribution >= 0.6 is 0 Å². The molecule has 132 valence electrons. The lowest BCUT2D eigenvalue weighted by atomic mass is 10.1. The highest BCUT2D eigenvalue weighted by atomic mass is 16.5. The van der Waals surface area contributed by atoms with E-state index in [4.69, 9.17) is 9.47 Å². The second-order valence-corrected chi connectivity index (χ2v) is 6.38. The number of benzene rings is 2. The quantitative estimate of drug-likeness (QED) is 0.750. The van der Waals surface area contributed by atoms with Gasteiger partial charge in [0.2, 0.25) is 0 Å². The number of hydrogen-bond acceptors (Lipinski definition) is 4. The summed E-state index contributed by atoms with van der Waals surface area (Å²) in [5.41, 5.74) is 2.31. The van der Waals surface area contributed by atoms with E-state index < -0.39 is 0 Å². The molecule has 4 heteroatoms. The number of methoxy groups -OCH3 is 1. The number of nitrogens with zero attached hydrogens (tertiary/aromatic N) is 1. The molecule has 0 radical (unpaired) electrons. The predicted molar refractivity (Wildman–Crippen MR) is 99.1 cm³/mol. The topological polar surface area (TPSA) is 38.8 Å². The Morgan fingerprint density at radius 3 is 2.60 bits per heavy atom. The summed E-state index contributed by atoms with van der Waals surface area (Å²) in [5.74, 6) is 0.713. The third-order valence-electron chi connectivity index (χ3n) is 4.57. The standard InChI is InChI=1S/C21H25NO3/c1-24-19-12-9-17(10-13-19)11-14-21(23)25-20-8-5-15-22(16-20)18-6-3-2-4-7-18/h2-4,6-7,9-10,12-13,20H,5,8,11,14-16H2,1H3. The summed E-state index contributed by atoms with van der Waals surface area (Å²) in [4.78, 5) is 14.5. The van der Waals surface area contributed by atoms with Gasteiger partial charge in [0.1, 0.15) is 11.9 Å². The van der Waals surface area contributed by atoms with Gasteiger partial charge < -0.3 is 14.4 Å². The summed E-state index contributed by atoms with van der Waals surface area (Å²) in [6.07, 6.45) is 3.08. The van der Waals surface area contributed by atoms with Crippen LogP contribution in [-0.2, 0) is 16.0 Å². The molecule has 3 rings (SSSR count). The molecule has 0 aromatic heterocycles.